The SMILES string of the molecule is COC(=O)CCCCN1Cc2ccc(O)cc2C1=O. The summed E-state index contributed by atoms with van der Waals surface area (Å²) in [6.45, 7) is 1.19. The smallest absolute Gasteiger partial charge is 0.305 e. The molecule has 1 aliphatic heterocycles. The van der Waals surface area contributed by atoms with E-state index in [1.165, 1.54) is 13.2 Å². The quantitative estimate of drug-likeness (QED) is 0.648. The van der Waals surface area contributed by atoms with E-state index in [0.29, 0.717) is 31.5 Å². The minimum absolute atomic E-state index is 0.0519. The van der Waals surface area contributed by atoms with E-state index >= 15 is 0 Å². The Kier molecular flexibility index (Phi) is 4.04. The predicted octanol–water partition coefficient (Wildman–Crippen LogP) is 1.69. The lowest BCUT2D eigenvalue weighted by molar-refractivity contribution is -0.140. The second-order valence-electron chi connectivity index (χ2n) is 4.60. The van der Waals surface area contributed by atoms with Crippen LogP contribution in [-0.4, -0.2) is 35.5 Å². The molecule has 1 N–H and O–H groups in total. The summed E-state index contributed by atoms with van der Waals surface area (Å²) in [4.78, 5) is 24.8. The van der Waals surface area contributed by atoms with Gasteiger partial charge in [0.15, 0.2) is 0 Å². The number of unbranched alkanes of at least 4 members (excludes halogenated alkanes) is 1. The van der Waals surface area contributed by atoms with Crippen LogP contribution >= 0.6 is 0 Å². The lowest BCUT2D eigenvalue weighted by Gasteiger charge is -2.14. The Morgan fingerprint density at radius 3 is 2.95 bits per heavy atom. The van der Waals surface area contributed by atoms with Gasteiger partial charge in [-0.25, -0.2) is 0 Å². The van der Waals surface area contributed by atoms with Crippen molar-refractivity contribution in [3.8, 4) is 5.75 Å². The predicted molar refractivity (Wildman–Crippen MR) is 68.7 cm³/mol. The maximum atomic E-state index is 12.1. The molecule has 0 saturated heterocycles. The summed E-state index contributed by atoms with van der Waals surface area (Å²) in [5, 5.41) is 9.38. The molecule has 0 aromatic heterocycles. The van der Waals surface area contributed by atoms with Crippen molar-refractivity contribution >= 4 is 11.9 Å². The number of phenols is 1. The van der Waals surface area contributed by atoms with Gasteiger partial charge in [-0.05, 0) is 30.5 Å². The van der Waals surface area contributed by atoms with E-state index in [9.17, 15) is 14.7 Å². The number of benzene rings is 1. The third kappa shape index (κ3) is 3.05. The molecule has 5 heteroatoms. The number of hydrogen-bond donors (Lipinski definition) is 1. The van der Waals surface area contributed by atoms with Gasteiger partial charge in [-0.15, -0.1) is 0 Å². The van der Waals surface area contributed by atoms with Gasteiger partial charge in [-0.3, -0.25) is 9.59 Å². The Labute approximate surface area is 111 Å². The summed E-state index contributed by atoms with van der Waals surface area (Å²) in [6.07, 6.45) is 1.85. The van der Waals surface area contributed by atoms with Crippen LogP contribution in [0, 0.1) is 0 Å². The van der Waals surface area contributed by atoms with Crippen molar-refractivity contribution in [2.24, 2.45) is 0 Å². The molecule has 1 aromatic rings. The first-order valence-corrected chi connectivity index (χ1v) is 6.30. The van der Waals surface area contributed by atoms with Gasteiger partial charge >= 0.3 is 5.97 Å². The molecule has 0 fully saturated rings. The first kappa shape index (κ1) is 13.4. The molecule has 0 radical (unpaired) electrons. The Morgan fingerprint density at radius 1 is 1.42 bits per heavy atom. The molecule has 5 nitrogen and oxygen atoms in total. The Balaban J connectivity index is 1.85. The summed E-state index contributed by atoms with van der Waals surface area (Å²) >= 11 is 0. The highest BCUT2D eigenvalue weighted by Crippen LogP contribution is 2.26. The second-order valence-corrected chi connectivity index (χ2v) is 4.60. The molecule has 2 rings (SSSR count). The third-order valence-corrected chi connectivity index (χ3v) is 3.26. The molecule has 0 bridgehead atoms. The minimum atomic E-state index is -0.221. The van der Waals surface area contributed by atoms with Gasteiger partial charge in [0.05, 0.1) is 7.11 Å². The molecule has 0 saturated carbocycles. The number of methoxy groups -OCH3 is 1. The van der Waals surface area contributed by atoms with Crippen LogP contribution in [-0.2, 0) is 16.1 Å². The zero-order valence-corrected chi connectivity index (χ0v) is 10.9. The zero-order chi connectivity index (χ0) is 13.8. The molecule has 0 aliphatic carbocycles. The maximum absolute atomic E-state index is 12.1. The minimum Gasteiger partial charge on any atom is -0.508 e. The van der Waals surface area contributed by atoms with Gasteiger partial charge in [-0.2, -0.15) is 0 Å². The normalized spacial score (nSPS) is 13.5. The van der Waals surface area contributed by atoms with Gasteiger partial charge in [0.25, 0.3) is 5.91 Å². The van der Waals surface area contributed by atoms with E-state index in [0.717, 1.165) is 12.0 Å². The summed E-state index contributed by atoms with van der Waals surface area (Å²) in [7, 11) is 1.37. The topological polar surface area (TPSA) is 66.8 Å². The lowest BCUT2D eigenvalue weighted by Crippen LogP contribution is -2.25. The van der Waals surface area contributed by atoms with E-state index in [1.54, 1.807) is 17.0 Å². The average Bonchev–Trinajstić information content (AvgIpc) is 2.71. The van der Waals surface area contributed by atoms with Crippen LogP contribution in [0.5, 0.6) is 5.75 Å². The van der Waals surface area contributed by atoms with Gasteiger partial charge in [0.2, 0.25) is 0 Å². The first-order valence-electron chi connectivity index (χ1n) is 6.30. The Hall–Kier alpha value is -2.04. The van der Waals surface area contributed by atoms with Crippen LogP contribution in [0.15, 0.2) is 18.2 Å². The van der Waals surface area contributed by atoms with Crippen LogP contribution < -0.4 is 0 Å². The number of phenolic OH excluding ortho intramolecular Hbond substituents is 1. The summed E-state index contributed by atoms with van der Waals surface area (Å²) < 4.78 is 4.56. The molecule has 1 amide bonds. The number of hydrogen-bond acceptors (Lipinski definition) is 4. The fourth-order valence-electron chi connectivity index (χ4n) is 2.20. The fourth-order valence-corrected chi connectivity index (χ4v) is 2.20. The van der Waals surface area contributed by atoms with Crippen LogP contribution in [0.3, 0.4) is 0 Å². The highest BCUT2D eigenvalue weighted by Gasteiger charge is 2.26. The van der Waals surface area contributed by atoms with E-state index in [1.807, 2.05) is 0 Å². The molecule has 0 unspecified atom stereocenters. The van der Waals surface area contributed by atoms with Crippen molar-refractivity contribution < 1.29 is 19.4 Å². The molecule has 1 heterocycles. The van der Waals surface area contributed by atoms with Gasteiger partial charge in [0, 0.05) is 25.1 Å². The van der Waals surface area contributed by atoms with E-state index in [4.69, 9.17) is 0 Å². The van der Waals surface area contributed by atoms with Crippen molar-refractivity contribution in [2.75, 3.05) is 13.7 Å². The van der Waals surface area contributed by atoms with Crippen molar-refractivity contribution in [2.45, 2.75) is 25.8 Å². The summed E-state index contributed by atoms with van der Waals surface area (Å²) in [5.74, 6) is -0.162. The van der Waals surface area contributed by atoms with E-state index < -0.39 is 0 Å². The monoisotopic (exact) mass is 263 g/mol. The molecular weight excluding hydrogens is 246 g/mol. The average molecular weight is 263 g/mol. The highest BCUT2D eigenvalue weighted by molar-refractivity contribution is 5.98. The number of rotatable bonds is 5. The number of nitrogens with zero attached hydrogens (tertiary/aromatic N) is 1. The molecule has 0 atom stereocenters. The summed E-state index contributed by atoms with van der Waals surface area (Å²) in [5.41, 5.74) is 1.52. The number of fused-ring (bicyclic) bond motifs is 1. The molecule has 102 valence electrons. The number of carbonyl (C=O) groups is 2. The van der Waals surface area contributed by atoms with E-state index in [-0.39, 0.29) is 17.6 Å². The number of ether oxygens (including phenoxy) is 1. The summed E-state index contributed by atoms with van der Waals surface area (Å²) in [6, 6.07) is 4.87. The van der Waals surface area contributed by atoms with E-state index in [2.05, 4.69) is 4.74 Å². The standard InChI is InChI=1S/C14H17NO4/c1-19-13(17)4-2-3-7-15-9-10-5-6-11(16)8-12(10)14(15)18/h5-6,8,16H,2-4,7,9H2,1H3. The fraction of sp³-hybridized carbons (Fsp3) is 0.429. The molecule has 1 aliphatic rings. The Morgan fingerprint density at radius 2 is 2.21 bits per heavy atom. The van der Waals surface area contributed by atoms with Crippen molar-refractivity contribution in [3.63, 3.8) is 0 Å². The molecule has 19 heavy (non-hydrogen) atoms. The van der Waals surface area contributed by atoms with Crippen molar-refractivity contribution in [1.82, 2.24) is 4.90 Å². The largest absolute Gasteiger partial charge is 0.508 e. The lowest BCUT2D eigenvalue weighted by atomic mass is 10.1. The zero-order valence-electron chi connectivity index (χ0n) is 10.9. The maximum Gasteiger partial charge on any atom is 0.305 e. The van der Waals surface area contributed by atoms with Crippen molar-refractivity contribution in [3.05, 3.63) is 29.3 Å². The molecular formula is C14H17NO4. The van der Waals surface area contributed by atoms with Gasteiger partial charge in [0.1, 0.15) is 5.75 Å². The van der Waals surface area contributed by atoms with Crippen molar-refractivity contribution in [1.29, 1.82) is 0 Å². The number of amides is 1. The number of carbonyl (C=O) groups excluding carboxylic acids is 2. The molecule has 1 aromatic carbocycles. The van der Waals surface area contributed by atoms with Crippen LogP contribution in [0.2, 0.25) is 0 Å². The van der Waals surface area contributed by atoms with Gasteiger partial charge in [-0.1, -0.05) is 6.07 Å². The first-order chi connectivity index (χ1) is 9.11. The van der Waals surface area contributed by atoms with Gasteiger partial charge < -0.3 is 14.7 Å². The second kappa shape index (κ2) is 5.73. The number of aromatic hydroxyl groups is 1. The third-order valence-electron chi connectivity index (χ3n) is 3.26. The van der Waals surface area contributed by atoms with Crippen LogP contribution in [0.4, 0.5) is 0 Å². The molecule has 0 spiro atoms. The highest BCUT2D eigenvalue weighted by atomic mass is 16.5. The Bertz CT molecular complexity index is 498. The van der Waals surface area contributed by atoms with Crippen LogP contribution in [0.25, 0.3) is 0 Å². The number of esters is 1. The van der Waals surface area contributed by atoms with Crippen LogP contribution in [0.1, 0.15) is 35.2 Å².